The highest BCUT2D eigenvalue weighted by molar-refractivity contribution is 6.33. The third-order valence-electron chi connectivity index (χ3n) is 4.12. The van der Waals surface area contributed by atoms with Crippen LogP contribution in [0.25, 0.3) is 0 Å². The average molecular weight is 349 g/mol. The van der Waals surface area contributed by atoms with E-state index in [1.54, 1.807) is 6.92 Å². The molecule has 0 bridgehead atoms. The second-order valence-electron chi connectivity index (χ2n) is 6.04. The van der Waals surface area contributed by atoms with Gasteiger partial charge in [0.2, 0.25) is 11.8 Å². The van der Waals surface area contributed by atoms with Crippen molar-refractivity contribution in [3.8, 4) is 0 Å². The molecule has 128 valence electrons. The molecular formula is C17H21ClN4O2. The summed E-state index contributed by atoms with van der Waals surface area (Å²) in [6, 6.07) is 7.95. The van der Waals surface area contributed by atoms with Gasteiger partial charge in [0.1, 0.15) is 0 Å². The number of aromatic nitrogens is 2. The van der Waals surface area contributed by atoms with Gasteiger partial charge in [-0.1, -0.05) is 28.9 Å². The molecule has 1 aliphatic rings. The molecule has 1 aliphatic heterocycles. The summed E-state index contributed by atoms with van der Waals surface area (Å²) in [6.07, 6.45) is 2.82. The van der Waals surface area contributed by atoms with Gasteiger partial charge in [0.25, 0.3) is 0 Å². The lowest BCUT2D eigenvalue weighted by Gasteiger charge is -2.35. The Morgan fingerprint density at radius 1 is 1.46 bits per heavy atom. The Balaban J connectivity index is 1.51. The van der Waals surface area contributed by atoms with Crippen molar-refractivity contribution in [1.29, 1.82) is 0 Å². The smallest absolute Gasteiger partial charge is 0.227 e. The first kappa shape index (κ1) is 16.8. The highest BCUT2D eigenvalue weighted by atomic mass is 35.5. The number of hydrogen-bond acceptors (Lipinski definition) is 5. The van der Waals surface area contributed by atoms with E-state index in [9.17, 15) is 4.79 Å². The number of halogens is 1. The number of hydrogen-bond donors (Lipinski definition) is 1. The van der Waals surface area contributed by atoms with E-state index in [1.165, 1.54) is 0 Å². The molecule has 1 aromatic heterocycles. The molecule has 0 saturated carbocycles. The lowest BCUT2D eigenvalue weighted by Crippen LogP contribution is -2.48. The molecule has 3 rings (SSSR count). The number of para-hydroxylation sites is 1. The van der Waals surface area contributed by atoms with E-state index in [-0.39, 0.29) is 11.9 Å². The summed E-state index contributed by atoms with van der Waals surface area (Å²) in [6.45, 7) is 3.49. The molecule has 0 aliphatic carbocycles. The molecule has 6 nitrogen and oxygen atoms in total. The predicted octanol–water partition coefficient (Wildman–Crippen LogP) is 2.75. The maximum Gasteiger partial charge on any atom is 0.227 e. The fourth-order valence-corrected chi connectivity index (χ4v) is 3.24. The Kier molecular flexibility index (Phi) is 5.35. The summed E-state index contributed by atoms with van der Waals surface area (Å²) >= 11 is 6.28. The Bertz CT molecular complexity index is 703. The first-order chi connectivity index (χ1) is 11.6. The highest BCUT2D eigenvalue weighted by Crippen LogP contribution is 2.27. The first-order valence-corrected chi connectivity index (χ1v) is 8.57. The lowest BCUT2D eigenvalue weighted by molar-refractivity contribution is -0.121. The summed E-state index contributed by atoms with van der Waals surface area (Å²) in [5.41, 5.74) is 1.03. The van der Waals surface area contributed by atoms with Crippen LogP contribution >= 0.6 is 11.6 Å². The van der Waals surface area contributed by atoms with Crippen LogP contribution < -0.4 is 10.2 Å². The van der Waals surface area contributed by atoms with E-state index in [4.69, 9.17) is 16.1 Å². The zero-order chi connectivity index (χ0) is 16.9. The summed E-state index contributed by atoms with van der Waals surface area (Å²) < 4.78 is 5.03. The summed E-state index contributed by atoms with van der Waals surface area (Å²) in [4.78, 5) is 18.5. The second kappa shape index (κ2) is 7.66. The zero-order valence-electron chi connectivity index (χ0n) is 13.7. The molecule has 1 atom stereocenters. The number of aryl methyl sites for hydroxylation is 2. The Labute approximate surface area is 146 Å². The molecule has 1 N–H and O–H groups in total. The molecule has 7 heteroatoms. The van der Waals surface area contributed by atoms with Gasteiger partial charge >= 0.3 is 0 Å². The normalized spacial score (nSPS) is 17.8. The van der Waals surface area contributed by atoms with E-state index >= 15 is 0 Å². The number of nitrogens with one attached hydrogen (secondary N) is 1. The number of nitrogens with zero attached hydrogens (tertiary/aromatic N) is 3. The molecule has 2 aromatic rings. The van der Waals surface area contributed by atoms with Gasteiger partial charge in [-0.2, -0.15) is 4.98 Å². The van der Waals surface area contributed by atoms with E-state index < -0.39 is 0 Å². The maximum absolute atomic E-state index is 12.2. The van der Waals surface area contributed by atoms with Crippen LogP contribution in [0.15, 0.2) is 28.8 Å². The molecule has 0 spiro atoms. The minimum atomic E-state index is 0.0110. The first-order valence-electron chi connectivity index (χ1n) is 8.20. The van der Waals surface area contributed by atoms with Gasteiger partial charge in [0, 0.05) is 32.0 Å². The van der Waals surface area contributed by atoms with Crippen molar-refractivity contribution in [3.63, 3.8) is 0 Å². The van der Waals surface area contributed by atoms with Crippen molar-refractivity contribution in [1.82, 2.24) is 15.5 Å². The van der Waals surface area contributed by atoms with E-state index in [1.807, 2.05) is 24.3 Å². The lowest BCUT2D eigenvalue weighted by atomic mass is 10.0. The van der Waals surface area contributed by atoms with E-state index in [2.05, 4.69) is 20.4 Å². The van der Waals surface area contributed by atoms with Gasteiger partial charge in [-0.05, 0) is 31.9 Å². The summed E-state index contributed by atoms with van der Waals surface area (Å²) in [5, 5.41) is 7.57. The highest BCUT2D eigenvalue weighted by Gasteiger charge is 2.22. The molecule has 2 heterocycles. The molecule has 1 aromatic carbocycles. The number of benzene rings is 1. The fourth-order valence-electron chi connectivity index (χ4n) is 2.98. The second-order valence-corrected chi connectivity index (χ2v) is 6.45. The summed E-state index contributed by atoms with van der Waals surface area (Å²) in [5.74, 6) is 1.11. The van der Waals surface area contributed by atoms with Gasteiger partial charge in [-0.25, -0.2) is 0 Å². The van der Waals surface area contributed by atoms with Gasteiger partial charge in [-0.3, -0.25) is 4.79 Å². The van der Waals surface area contributed by atoms with Crippen LogP contribution in [0.3, 0.4) is 0 Å². The number of amides is 1. The van der Waals surface area contributed by atoms with Crippen molar-refractivity contribution in [3.05, 3.63) is 41.0 Å². The number of carbonyl (C=O) groups excluding carboxylic acids is 1. The molecule has 1 saturated heterocycles. The largest absolute Gasteiger partial charge is 0.368 e. The Hall–Kier alpha value is -2.08. The Morgan fingerprint density at radius 2 is 2.29 bits per heavy atom. The van der Waals surface area contributed by atoms with Crippen molar-refractivity contribution >= 4 is 23.2 Å². The SMILES string of the molecule is Cc1noc(CCC(=O)N[C@H]2CCCN(c3ccccc3Cl)C2)n1. The molecule has 0 unspecified atom stereocenters. The van der Waals surface area contributed by atoms with E-state index in [0.29, 0.717) is 24.6 Å². The summed E-state index contributed by atoms with van der Waals surface area (Å²) in [7, 11) is 0. The quantitative estimate of drug-likeness (QED) is 0.899. The van der Waals surface area contributed by atoms with Crippen LogP contribution in [0.2, 0.25) is 5.02 Å². The topological polar surface area (TPSA) is 71.3 Å². The zero-order valence-corrected chi connectivity index (χ0v) is 14.4. The van der Waals surface area contributed by atoms with Crippen LogP contribution in [-0.4, -0.2) is 35.2 Å². The van der Waals surface area contributed by atoms with Gasteiger partial charge in [0.15, 0.2) is 5.82 Å². The van der Waals surface area contributed by atoms with Gasteiger partial charge in [-0.15, -0.1) is 0 Å². The molecular weight excluding hydrogens is 328 g/mol. The molecule has 1 fully saturated rings. The van der Waals surface area contributed by atoms with Crippen molar-refractivity contribution in [2.45, 2.75) is 38.6 Å². The fraction of sp³-hybridized carbons (Fsp3) is 0.471. The van der Waals surface area contributed by atoms with Crippen LogP contribution in [0.4, 0.5) is 5.69 Å². The number of anilines is 1. The van der Waals surface area contributed by atoms with Crippen molar-refractivity contribution in [2.24, 2.45) is 0 Å². The molecule has 1 amide bonds. The maximum atomic E-state index is 12.2. The predicted molar refractivity (Wildman–Crippen MR) is 92.2 cm³/mol. The number of piperidine rings is 1. The van der Waals surface area contributed by atoms with Crippen molar-refractivity contribution < 1.29 is 9.32 Å². The minimum absolute atomic E-state index is 0.0110. The van der Waals surface area contributed by atoms with Gasteiger partial charge in [0.05, 0.1) is 10.7 Å². The van der Waals surface area contributed by atoms with Crippen molar-refractivity contribution in [2.75, 3.05) is 18.0 Å². The average Bonchev–Trinajstić information content (AvgIpc) is 2.99. The molecule has 24 heavy (non-hydrogen) atoms. The number of rotatable bonds is 5. The van der Waals surface area contributed by atoms with Gasteiger partial charge < -0.3 is 14.7 Å². The van der Waals surface area contributed by atoms with Crippen LogP contribution in [0.5, 0.6) is 0 Å². The third-order valence-corrected chi connectivity index (χ3v) is 4.43. The third kappa shape index (κ3) is 4.26. The van der Waals surface area contributed by atoms with Crippen LogP contribution in [-0.2, 0) is 11.2 Å². The monoisotopic (exact) mass is 348 g/mol. The Morgan fingerprint density at radius 3 is 3.04 bits per heavy atom. The standard InChI is InChI=1S/C17H21ClN4O2/c1-12-19-17(24-21-12)9-8-16(23)20-13-5-4-10-22(11-13)15-7-3-2-6-14(15)18/h2-3,6-7,13H,4-5,8-11H2,1H3,(H,20,23)/t13-/m0/s1. The molecule has 0 radical (unpaired) electrons. The number of carbonyl (C=O) groups is 1. The van der Waals surface area contributed by atoms with Crippen LogP contribution in [0.1, 0.15) is 31.0 Å². The van der Waals surface area contributed by atoms with Crippen LogP contribution in [0, 0.1) is 6.92 Å². The van der Waals surface area contributed by atoms with E-state index in [0.717, 1.165) is 36.6 Å². The minimum Gasteiger partial charge on any atom is -0.368 e.